The quantitative estimate of drug-likeness (QED) is 0.596. The Morgan fingerprint density at radius 2 is 1.95 bits per heavy atom. The molecule has 0 unspecified atom stereocenters. The molecule has 0 saturated carbocycles. The third-order valence-electron chi connectivity index (χ3n) is 3.48. The zero-order valence-electron chi connectivity index (χ0n) is 12.9. The number of para-hydroxylation sites is 1. The van der Waals surface area contributed by atoms with E-state index in [1.165, 1.54) is 16.8 Å². The summed E-state index contributed by atoms with van der Waals surface area (Å²) in [6, 6.07) is 14.4. The molecule has 0 amide bonds. The molecule has 0 aliphatic carbocycles. The third kappa shape index (κ3) is 4.42. The van der Waals surface area contributed by atoms with Gasteiger partial charge in [0.15, 0.2) is 0 Å². The molecule has 0 aromatic heterocycles. The molecule has 2 aromatic rings. The van der Waals surface area contributed by atoms with Crippen molar-refractivity contribution in [2.75, 3.05) is 24.2 Å². The average molecular weight is 284 g/mol. The van der Waals surface area contributed by atoms with Gasteiger partial charge in [-0.1, -0.05) is 24.3 Å². The summed E-state index contributed by atoms with van der Waals surface area (Å²) in [7, 11) is 0. The van der Waals surface area contributed by atoms with Gasteiger partial charge >= 0.3 is 0 Å². The molecule has 0 fully saturated rings. The summed E-state index contributed by atoms with van der Waals surface area (Å²) in [5, 5.41) is 3.47. The van der Waals surface area contributed by atoms with Crippen LogP contribution in [0.25, 0.3) is 0 Å². The number of rotatable bonds is 7. The maximum Gasteiger partial charge on any atom is 0.142 e. The molecule has 0 aliphatic rings. The summed E-state index contributed by atoms with van der Waals surface area (Å²) in [5.74, 6) is 0.777. The van der Waals surface area contributed by atoms with E-state index in [1.807, 2.05) is 19.1 Å². The number of hydrogen-bond donors (Lipinski definition) is 2. The van der Waals surface area contributed by atoms with Crippen LogP contribution in [0.1, 0.15) is 24.5 Å². The second kappa shape index (κ2) is 7.58. The van der Waals surface area contributed by atoms with E-state index in [0.717, 1.165) is 30.8 Å². The van der Waals surface area contributed by atoms with Gasteiger partial charge in [0.1, 0.15) is 5.75 Å². The molecule has 2 rings (SSSR count). The molecule has 0 atom stereocenters. The molecule has 2 aromatic carbocycles. The molecular formula is C18H24N2O. The number of benzene rings is 2. The highest BCUT2D eigenvalue weighted by atomic mass is 16.5. The molecule has 0 radical (unpaired) electrons. The van der Waals surface area contributed by atoms with E-state index in [1.54, 1.807) is 0 Å². The van der Waals surface area contributed by atoms with Crippen LogP contribution in [0.3, 0.4) is 0 Å². The molecule has 0 spiro atoms. The average Bonchev–Trinajstić information content (AvgIpc) is 2.48. The molecule has 0 saturated heterocycles. The first-order valence-corrected chi connectivity index (χ1v) is 7.51. The Bertz CT molecular complexity index is 581. The summed E-state index contributed by atoms with van der Waals surface area (Å²) in [6.45, 7) is 5.68. The molecule has 3 nitrogen and oxygen atoms in total. The van der Waals surface area contributed by atoms with Crippen LogP contribution in [0, 0.1) is 6.92 Å². The van der Waals surface area contributed by atoms with Crippen LogP contribution in [0.5, 0.6) is 5.75 Å². The Balaban J connectivity index is 1.81. The first-order chi connectivity index (χ1) is 10.2. The molecule has 3 heteroatoms. The van der Waals surface area contributed by atoms with Crippen LogP contribution >= 0.6 is 0 Å². The van der Waals surface area contributed by atoms with Crippen molar-refractivity contribution < 1.29 is 4.74 Å². The number of ether oxygens (including phenoxy) is 1. The topological polar surface area (TPSA) is 47.3 Å². The highest BCUT2D eigenvalue weighted by molar-refractivity contribution is 5.54. The minimum absolute atomic E-state index is 0.643. The van der Waals surface area contributed by atoms with E-state index in [-0.39, 0.29) is 0 Å². The van der Waals surface area contributed by atoms with Crippen molar-refractivity contribution in [1.29, 1.82) is 0 Å². The number of nitrogen functional groups attached to an aromatic ring is 1. The van der Waals surface area contributed by atoms with E-state index >= 15 is 0 Å². The van der Waals surface area contributed by atoms with Crippen LogP contribution in [-0.4, -0.2) is 13.2 Å². The highest BCUT2D eigenvalue weighted by Gasteiger charge is 2.02. The monoisotopic (exact) mass is 284 g/mol. The summed E-state index contributed by atoms with van der Waals surface area (Å²) in [5.41, 5.74) is 10.4. The molecule has 21 heavy (non-hydrogen) atoms. The number of nitrogens with one attached hydrogen (secondary N) is 1. The minimum Gasteiger partial charge on any atom is -0.492 e. The summed E-state index contributed by atoms with van der Waals surface area (Å²) in [6.07, 6.45) is 2.08. The van der Waals surface area contributed by atoms with Gasteiger partial charge in [0.2, 0.25) is 0 Å². The van der Waals surface area contributed by atoms with Crippen molar-refractivity contribution in [2.45, 2.75) is 26.7 Å². The predicted molar refractivity (Wildman–Crippen MR) is 90.0 cm³/mol. The Morgan fingerprint density at radius 3 is 2.67 bits per heavy atom. The fraction of sp³-hybridized carbons (Fsp3) is 0.333. The van der Waals surface area contributed by atoms with E-state index in [2.05, 4.69) is 42.6 Å². The predicted octanol–water partition coefficient (Wildman–Crippen LogP) is 4.02. The molecular weight excluding hydrogens is 260 g/mol. The fourth-order valence-corrected chi connectivity index (χ4v) is 2.33. The summed E-state index contributed by atoms with van der Waals surface area (Å²) >= 11 is 0. The molecule has 112 valence electrons. The van der Waals surface area contributed by atoms with Crippen LogP contribution in [0.15, 0.2) is 42.5 Å². The molecule has 0 aliphatic heterocycles. The Labute approximate surface area is 127 Å². The zero-order valence-corrected chi connectivity index (χ0v) is 12.9. The second-order valence-electron chi connectivity index (χ2n) is 5.15. The van der Waals surface area contributed by atoms with Gasteiger partial charge in [-0.2, -0.15) is 0 Å². The van der Waals surface area contributed by atoms with E-state index in [4.69, 9.17) is 10.5 Å². The minimum atomic E-state index is 0.643. The molecule has 0 bridgehead atoms. The van der Waals surface area contributed by atoms with Gasteiger partial charge in [0.05, 0.1) is 12.3 Å². The van der Waals surface area contributed by atoms with E-state index < -0.39 is 0 Å². The maximum atomic E-state index is 5.98. The van der Waals surface area contributed by atoms with Crippen LogP contribution in [0.2, 0.25) is 0 Å². The largest absolute Gasteiger partial charge is 0.492 e. The Hall–Kier alpha value is -2.16. The van der Waals surface area contributed by atoms with Crippen molar-refractivity contribution in [1.82, 2.24) is 0 Å². The number of anilines is 2. The lowest BCUT2D eigenvalue weighted by Gasteiger charge is -2.10. The van der Waals surface area contributed by atoms with Gasteiger partial charge in [-0.15, -0.1) is 0 Å². The van der Waals surface area contributed by atoms with Crippen LogP contribution in [-0.2, 0) is 6.42 Å². The fourth-order valence-electron chi connectivity index (χ4n) is 2.33. The second-order valence-corrected chi connectivity index (χ2v) is 5.15. The van der Waals surface area contributed by atoms with Gasteiger partial charge in [0.25, 0.3) is 0 Å². The number of aryl methyl sites for hydroxylation is 2. The van der Waals surface area contributed by atoms with Gasteiger partial charge in [0, 0.05) is 12.2 Å². The van der Waals surface area contributed by atoms with Crippen molar-refractivity contribution in [3.05, 3.63) is 53.6 Å². The lowest BCUT2D eigenvalue weighted by Crippen LogP contribution is -2.04. The Kier molecular flexibility index (Phi) is 5.50. The van der Waals surface area contributed by atoms with Gasteiger partial charge in [-0.3, -0.25) is 0 Å². The third-order valence-corrected chi connectivity index (χ3v) is 3.48. The lowest BCUT2D eigenvalue weighted by molar-refractivity contribution is 0.342. The van der Waals surface area contributed by atoms with Crippen molar-refractivity contribution in [3.8, 4) is 5.75 Å². The van der Waals surface area contributed by atoms with Gasteiger partial charge in [-0.25, -0.2) is 0 Å². The van der Waals surface area contributed by atoms with Crippen molar-refractivity contribution in [3.63, 3.8) is 0 Å². The van der Waals surface area contributed by atoms with E-state index in [9.17, 15) is 0 Å². The summed E-state index contributed by atoms with van der Waals surface area (Å²) in [4.78, 5) is 0. The number of nitrogens with two attached hydrogens (primary N) is 1. The normalized spacial score (nSPS) is 10.4. The Morgan fingerprint density at radius 1 is 1.14 bits per heavy atom. The first kappa shape index (κ1) is 15.2. The van der Waals surface area contributed by atoms with E-state index in [0.29, 0.717) is 6.61 Å². The van der Waals surface area contributed by atoms with Gasteiger partial charge in [-0.05, 0) is 56.0 Å². The summed E-state index contributed by atoms with van der Waals surface area (Å²) < 4.78 is 5.45. The van der Waals surface area contributed by atoms with Crippen LogP contribution in [0.4, 0.5) is 11.4 Å². The SMILES string of the molecule is CCOc1ccc(CCCNc2ccccc2C)cc1N. The smallest absolute Gasteiger partial charge is 0.142 e. The molecule has 0 heterocycles. The van der Waals surface area contributed by atoms with Gasteiger partial charge < -0.3 is 15.8 Å². The maximum absolute atomic E-state index is 5.98. The first-order valence-electron chi connectivity index (χ1n) is 7.51. The highest BCUT2D eigenvalue weighted by Crippen LogP contribution is 2.23. The zero-order chi connectivity index (χ0) is 15.1. The lowest BCUT2D eigenvalue weighted by atomic mass is 10.1. The molecule has 3 N–H and O–H groups in total. The van der Waals surface area contributed by atoms with Crippen LogP contribution < -0.4 is 15.8 Å². The van der Waals surface area contributed by atoms with Crippen molar-refractivity contribution >= 4 is 11.4 Å². The standard InChI is InChI=1S/C18H24N2O/c1-3-21-18-11-10-15(13-16(18)19)8-6-12-20-17-9-5-4-7-14(17)2/h4-5,7,9-11,13,20H,3,6,8,12,19H2,1-2H3. The van der Waals surface area contributed by atoms with Crippen molar-refractivity contribution in [2.24, 2.45) is 0 Å². The number of hydrogen-bond acceptors (Lipinski definition) is 3.